The normalized spacial score (nSPS) is 36.5. The van der Waals surface area contributed by atoms with E-state index in [0.717, 1.165) is 0 Å². The predicted molar refractivity (Wildman–Crippen MR) is 88.3 cm³/mol. The minimum absolute atomic E-state index is 0.617. The second kappa shape index (κ2) is 6.58. The second-order valence-electron chi connectivity index (χ2n) is 6.81. The summed E-state index contributed by atoms with van der Waals surface area (Å²) in [6.07, 6.45) is 12.4. The summed E-state index contributed by atoms with van der Waals surface area (Å²) in [5, 5.41) is 0.617. The van der Waals surface area contributed by atoms with Gasteiger partial charge in [0.1, 0.15) is 0 Å². The number of nitrogens with zero attached hydrogens (tertiary/aromatic N) is 1. The minimum atomic E-state index is -1.22. The molecule has 0 aromatic rings. The molecule has 0 radical (unpaired) electrons. The van der Waals surface area contributed by atoms with Gasteiger partial charge in [0.2, 0.25) is 0 Å². The number of allylic oxidation sites excluding steroid dienone is 1. The number of likely N-dealkylation sites (tertiary alicyclic amines) is 1. The van der Waals surface area contributed by atoms with Crippen LogP contribution < -0.4 is 0 Å². The molecule has 2 unspecified atom stereocenters. The van der Waals surface area contributed by atoms with Gasteiger partial charge in [-0.2, -0.15) is 0 Å². The fourth-order valence-corrected chi connectivity index (χ4v) is 12.1. The molecule has 2 saturated heterocycles. The molecule has 1 nitrogen and oxygen atoms in total. The van der Waals surface area contributed by atoms with Gasteiger partial charge in [-0.3, -0.25) is 0 Å². The Bertz CT molecular complexity index is 294. The van der Waals surface area contributed by atoms with Gasteiger partial charge in [0.05, 0.1) is 8.07 Å². The highest BCUT2D eigenvalue weighted by Gasteiger charge is 2.54. The van der Waals surface area contributed by atoms with Crippen LogP contribution in [0.1, 0.15) is 58.8 Å². The zero-order valence-corrected chi connectivity index (χ0v) is 14.2. The van der Waals surface area contributed by atoms with Crippen molar-refractivity contribution in [2.24, 2.45) is 0 Å². The summed E-state index contributed by atoms with van der Waals surface area (Å²) in [7, 11) is -1.22. The van der Waals surface area contributed by atoms with Crippen molar-refractivity contribution in [2.45, 2.75) is 82.1 Å². The third kappa shape index (κ3) is 2.58. The fourth-order valence-electron chi connectivity index (χ4n) is 5.30. The van der Waals surface area contributed by atoms with Crippen LogP contribution in [0, 0.1) is 0 Å². The molecule has 0 spiro atoms. The van der Waals surface area contributed by atoms with Crippen LogP contribution in [0.2, 0.25) is 18.1 Å². The first-order valence-corrected chi connectivity index (χ1v) is 11.2. The Morgan fingerprint density at radius 1 is 1.16 bits per heavy atom. The minimum Gasteiger partial charge on any atom is -0.300 e. The van der Waals surface area contributed by atoms with Gasteiger partial charge in [-0.15, -0.1) is 6.58 Å². The van der Waals surface area contributed by atoms with E-state index in [2.05, 4.69) is 31.4 Å². The maximum absolute atomic E-state index is 4.12. The van der Waals surface area contributed by atoms with Crippen molar-refractivity contribution in [3.8, 4) is 0 Å². The van der Waals surface area contributed by atoms with Crippen molar-refractivity contribution in [3.63, 3.8) is 0 Å². The molecule has 2 fully saturated rings. The Labute approximate surface area is 121 Å². The summed E-state index contributed by atoms with van der Waals surface area (Å²) in [5.74, 6) is 0. The van der Waals surface area contributed by atoms with Gasteiger partial charge in [-0.1, -0.05) is 51.3 Å². The van der Waals surface area contributed by atoms with Crippen LogP contribution in [-0.4, -0.2) is 31.2 Å². The van der Waals surface area contributed by atoms with Crippen molar-refractivity contribution < 1.29 is 0 Å². The Morgan fingerprint density at radius 3 is 2.47 bits per heavy atom. The van der Waals surface area contributed by atoms with Gasteiger partial charge < -0.3 is 4.90 Å². The van der Waals surface area contributed by atoms with E-state index >= 15 is 0 Å². The molecule has 0 amide bonds. The largest absolute Gasteiger partial charge is 0.300 e. The smallest absolute Gasteiger partial charge is 0.0805 e. The summed E-state index contributed by atoms with van der Waals surface area (Å²) in [6.45, 7) is 11.8. The molecular weight excluding hydrogens is 246 g/mol. The molecule has 0 N–H and O–H groups in total. The molecule has 2 aliphatic heterocycles. The molecule has 2 aliphatic rings. The molecule has 0 aromatic carbocycles. The van der Waals surface area contributed by atoms with Gasteiger partial charge in [-0.25, -0.2) is 0 Å². The van der Waals surface area contributed by atoms with E-state index in [-0.39, 0.29) is 0 Å². The molecule has 0 saturated carbocycles. The summed E-state index contributed by atoms with van der Waals surface area (Å²) >= 11 is 0. The highest BCUT2D eigenvalue weighted by molar-refractivity contribution is 6.83. The third-order valence-electron chi connectivity index (χ3n) is 6.04. The van der Waals surface area contributed by atoms with Crippen LogP contribution in [0.5, 0.6) is 0 Å². The maximum Gasteiger partial charge on any atom is 0.0805 e. The lowest BCUT2D eigenvalue weighted by Crippen LogP contribution is -2.67. The monoisotopic (exact) mass is 279 g/mol. The first kappa shape index (κ1) is 15.3. The van der Waals surface area contributed by atoms with E-state index in [4.69, 9.17) is 0 Å². The highest BCUT2D eigenvalue weighted by atomic mass is 28.3. The van der Waals surface area contributed by atoms with Gasteiger partial charge in [0.25, 0.3) is 0 Å². The quantitative estimate of drug-likeness (QED) is 0.488. The van der Waals surface area contributed by atoms with Crippen LogP contribution in [0.15, 0.2) is 12.7 Å². The lowest BCUT2D eigenvalue weighted by molar-refractivity contribution is 0.157. The molecule has 2 heteroatoms. The Morgan fingerprint density at radius 2 is 1.89 bits per heavy atom. The van der Waals surface area contributed by atoms with Crippen molar-refractivity contribution in [1.82, 2.24) is 4.90 Å². The van der Waals surface area contributed by atoms with Crippen LogP contribution in [0.4, 0.5) is 0 Å². The van der Waals surface area contributed by atoms with E-state index in [1.165, 1.54) is 70.1 Å². The van der Waals surface area contributed by atoms with Crippen molar-refractivity contribution in [2.75, 3.05) is 13.1 Å². The predicted octanol–water partition coefficient (Wildman–Crippen LogP) is 5.00. The van der Waals surface area contributed by atoms with E-state index in [0.29, 0.717) is 5.16 Å². The average molecular weight is 280 g/mol. The molecule has 0 aliphatic carbocycles. The molecule has 2 atom stereocenters. The number of hydrogen-bond donors (Lipinski definition) is 0. The molecule has 2 heterocycles. The zero-order valence-electron chi connectivity index (χ0n) is 13.2. The maximum atomic E-state index is 4.12. The van der Waals surface area contributed by atoms with E-state index < -0.39 is 8.07 Å². The first-order chi connectivity index (χ1) is 9.24. The number of rotatable bonds is 6. The lowest BCUT2D eigenvalue weighted by Gasteiger charge is -2.57. The van der Waals surface area contributed by atoms with Crippen LogP contribution >= 0.6 is 0 Å². The highest BCUT2D eigenvalue weighted by Crippen LogP contribution is 2.48. The molecule has 0 aromatic heterocycles. The SMILES string of the molecule is C=CC[Si]1(CCC)CCCCC1(CC)N1CCCC1. The van der Waals surface area contributed by atoms with Crippen molar-refractivity contribution >= 4 is 8.07 Å². The second-order valence-corrected chi connectivity index (χ2v) is 11.7. The van der Waals surface area contributed by atoms with Gasteiger partial charge >= 0.3 is 0 Å². The fraction of sp³-hybridized carbons (Fsp3) is 0.882. The summed E-state index contributed by atoms with van der Waals surface area (Å²) in [5.41, 5.74) is 0. The Hall–Kier alpha value is -0.0831. The van der Waals surface area contributed by atoms with Gasteiger partial charge in [-0.05, 0) is 44.8 Å². The molecule has 0 bridgehead atoms. The van der Waals surface area contributed by atoms with E-state index in [1.54, 1.807) is 6.04 Å². The third-order valence-corrected chi connectivity index (χ3v) is 12.8. The molecular formula is C17H33NSi. The van der Waals surface area contributed by atoms with Crippen molar-refractivity contribution in [1.29, 1.82) is 0 Å². The van der Waals surface area contributed by atoms with Gasteiger partial charge in [0.15, 0.2) is 0 Å². The van der Waals surface area contributed by atoms with Crippen LogP contribution in [0.3, 0.4) is 0 Å². The summed E-state index contributed by atoms with van der Waals surface area (Å²) in [4.78, 5) is 2.94. The average Bonchev–Trinajstić information content (AvgIpc) is 2.94. The zero-order chi connectivity index (χ0) is 13.8. The topological polar surface area (TPSA) is 3.24 Å². The van der Waals surface area contributed by atoms with E-state index in [1.807, 2.05) is 0 Å². The molecule has 110 valence electrons. The Kier molecular flexibility index (Phi) is 5.30. The summed E-state index contributed by atoms with van der Waals surface area (Å²) < 4.78 is 0. The molecule has 2 rings (SSSR count). The van der Waals surface area contributed by atoms with Crippen LogP contribution in [0.25, 0.3) is 0 Å². The lowest BCUT2D eigenvalue weighted by atomic mass is 10.0. The van der Waals surface area contributed by atoms with Gasteiger partial charge in [0, 0.05) is 5.16 Å². The summed E-state index contributed by atoms with van der Waals surface area (Å²) in [6, 6.07) is 4.46. The Balaban J connectivity index is 2.35. The van der Waals surface area contributed by atoms with Crippen LogP contribution in [-0.2, 0) is 0 Å². The standard InChI is InChI=1S/C17H33NSi/c1-4-14-19(15-5-2)16-10-7-11-17(19,6-3)18-12-8-9-13-18/h4H,1,5-16H2,2-3H3. The van der Waals surface area contributed by atoms with E-state index in [9.17, 15) is 0 Å². The number of hydrogen-bond acceptors (Lipinski definition) is 1. The molecule has 19 heavy (non-hydrogen) atoms. The first-order valence-electron chi connectivity index (χ1n) is 8.60. The van der Waals surface area contributed by atoms with Crippen molar-refractivity contribution in [3.05, 3.63) is 12.7 Å².